The van der Waals surface area contributed by atoms with Gasteiger partial charge in [0.15, 0.2) is 0 Å². The Morgan fingerprint density at radius 1 is 0.500 bits per heavy atom. The van der Waals surface area contributed by atoms with Crippen molar-refractivity contribution in [3.63, 3.8) is 0 Å². The molecule has 2 aromatic rings. The number of methoxy groups -OCH3 is 2. The van der Waals surface area contributed by atoms with Gasteiger partial charge in [0, 0.05) is 11.1 Å². The van der Waals surface area contributed by atoms with Crippen molar-refractivity contribution in [2.45, 2.75) is 12.2 Å². The van der Waals surface area contributed by atoms with Crippen molar-refractivity contribution in [3.8, 4) is 11.5 Å². The largest absolute Gasteiger partial charge is 0.496 e. The molecule has 34 heavy (non-hydrogen) atoms. The summed E-state index contributed by atoms with van der Waals surface area (Å²) in [5, 5.41) is 0. The molecule has 0 aliphatic carbocycles. The quantitative estimate of drug-likeness (QED) is 0.663. The van der Waals surface area contributed by atoms with Crippen LogP contribution in [0.5, 0.6) is 11.5 Å². The summed E-state index contributed by atoms with van der Waals surface area (Å²) in [6.45, 7) is 4.62. The highest BCUT2D eigenvalue weighted by Crippen LogP contribution is 2.42. The summed E-state index contributed by atoms with van der Waals surface area (Å²) in [6, 6.07) is 15.6. The molecule has 3 rings (SSSR count). The lowest BCUT2D eigenvalue weighted by Gasteiger charge is -2.30. The minimum atomic E-state index is -0.463. The highest BCUT2D eigenvalue weighted by molar-refractivity contribution is 5.41. The third-order valence-corrected chi connectivity index (χ3v) is 5.33. The molecule has 0 aromatic heterocycles. The molecule has 0 bridgehead atoms. The molecule has 2 aromatic carbocycles. The highest BCUT2D eigenvalue weighted by Gasteiger charge is 2.31. The van der Waals surface area contributed by atoms with Crippen molar-refractivity contribution in [2.24, 2.45) is 0 Å². The zero-order valence-electron chi connectivity index (χ0n) is 20.1. The van der Waals surface area contributed by atoms with Gasteiger partial charge >= 0.3 is 0 Å². The first kappa shape index (κ1) is 26.4. The summed E-state index contributed by atoms with van der Waals surface area (Å²) in [6.07, 6.45) is -0.927. The highest BCUT2D eigenvalue weighted by atomic mass is 16.6. The van der Waals surface area contributed by atoms with Gasteiger partial charge in [-0.25, -0.2) is 0 Å². The van der Waals surface area contributed by atoms with Crippen LogP contribution < -0.4 is 9.47 Å². The fourth-order valence-corrected chi connectivity index (χ4v) is 3.71. The van der Waals surface area contributed by atoms with E-state index in [9.17, 15) is 0 Å². The molecule has 1 fully saturated rings. The first-order valence-corrected chi connectivity index (χ1v) is 11.6. The first-order chi connectivity index (χ1) is 16.8. The molecule has 2 atom stereocenters. The maximum atomic E-state index is 6.40. The molecule has 8 nitrogen and oxygen atoms in total. The molecule has 1 heterocycles. The summed E-state index contributed by atoms with van der Waals surface area (Å²) in [7, 11) is 3.30. The predicted molar refractivity (Wildman–Crippen MR) is 127 cm³/mol. The van der Waals surface area contributed by atoms with E-state index in [4.69, 9.17) is 37.9 Å². The van der Waals surface area contributed by atoms with E-state index in [0.717, 1.165) is 22.6 Å². The van der Waals surface area contributed by atoms with Gasteiger partial charge in [0.2, 0.25) is 0 Å². The lowest BCUT2D eigenvalue weighted by Crippen LogP contribution is -2.23. The third kappa shape index (κ3) is 8.23. The third-order valence-electron chi connectivity index (χ3n) is 5.33. The lowest BCUT2D eigenvalue weighted by molar-refractivity contribution is -0.104. The monoisotopic (exact) mass is 476 g/mol. The average molecular weight is 477 g/mol. The van der Waals surface area contributed by atoms with Crippen LogP contribution in [0.25, 0.3) is 0 Å². The summed E-state index contributed by atoms with van der Waals surface area (Å²) < 4.78 is 46.5. The Balaban J connectivity index is 1.86. The van der Waals surface area contributed by atoms with Crippen LogP contribution in [-0.4, -0.2) is 80.3 Å². The van der Waals surface area contributed by atoms with Crippen LogP contribution in [0.15, 0.2) is 48.5 Å². The van der Waals surface area contributed by atoms with Crippen LogP contribution in [0.1, 0.15) is 23.3 Å². The van der Waals surface area contributed by atoms with Crippen molar-refractivity contribution in [1.29, 1.82) is 0 Å². The van der Waals surface area contributed by atoms with E-state index < -0.39 is 12.2 Å². The van der Waals surface area contributed by atoms with Crippen LogP contribution in [0.4, 0.5) is 0 Å². The van der Waals surface area contributed by atoms with Gasteiger partial charge in [0.25, 0.3) is 0 Å². The molecule has 1 aliphatic rings. The molecule has 2 unspecified atom stereocenters. The zero-order valence-corrected chi connectivity index (χ0v) is 20.1. The van der Waals surface area contributed by atoms with Gasteiger partial charge in [-0.15, -0.1) is 0 Å². The van der Waals surface area contributed by atoms with Crippen molar-refractivity contribution in [1.82, 2.24) is 0 Å². The number of ether oxygens (including phenoxy) is 8. The van der Waals surface area contributed by atoms with Gasteiger partial charge in [-0.3, -0.25) is 0 Å². The second kappa shape index (κ2) is 15.7. The fraction of sp³-hybridized carbons (Fsp3) is 0.538. The van der Waals surface area contributed by atoms with E-state index in [1.807, 2.05) is 48.5 Å². The maximum Gasteiger partial charge on any atom is 0.124 e. The van der Waals surface area contributed by atoms with Gasteiger partial charge in [0.05, 0.1) is 80.3 Å². The minimum absolute atomic E-state index is 0.372. The van der Waals surface area contributed by atoms with Crippen molar-refractivity contribution < 1.29 is 37.9 Å². The normalized spacial score (nSPS) is 22.3. The first-order valence-electron chi connectivity index (χ1n) is 11.6. The standard InChI is InChI=1S/C26H36O8/c1-27-23-9-5-3-7-21(23)25-26(22-8-4-6-10-24(22)28-2)34-20-18-32-16-14-30-12-11-29-13-15-31-17-19-33-25/h3-10,25-26H,11-20H2,1-2H3. The summed E-state index contributed by atoms with van der Waals surface area (Å²) in [5.41, 5.74) is 1.76. The van der Waals surface area contributed by atoms with Gasteiger partial charge in [0.1, 0.15) is 23.7 Å². The number of benzene rings is 2. The number of para-hydroxylation sites is 2. The molecule has 1 saturated heterocycles. The summed E-state index contributed by atoms with van der Waals surface area (Å²) >= 11 is 0. The van der Waals surface area contributed by atoms with E-state index in [-0.39, 0.29) is 0 Å². The van der Waals surface area contributed by atoms with Crippen molar-refractivity contribution >= 4 is 0 Å². The molecule has 188 valence electrons. The Labute approximate surface area is 202 Å². The van der Waals surface area contributed by atoms with E-state index in [1.54, 1.807) is 14.2 Å². The summed E-state index contributed by atoms with van der Waals surface area (Å²) in [4.78, 5) is 0. The average Bonchev–Trinajstić information content (AvgIpc) is 2.88. The minimum Gasteiger partial charge on any atom is -0.496 e. The van der Waals surface area contributed by atoms with Crippen LogP contribution in [-0.2, 0) is 28.4 Å². The van der Waals surface area contributed by atoms with Gasteiger partial charge in [-0.1, -0.05) is 36.4 Å². The Hall–Kier alpha value is -2.20. The molecular weight excluding hydrogens is 440 g/mol. The van der Waals surface area contributed by atoms with Crippen LogP contribution in [0.3, 0.4) is 0 Å². The molecule has 0 radical (unpaired) electrons. The molecule has 0 amide bonds. The van der Waals surface area contributed by atoms with Crippen LogP contribution in [0.2, 0.25) is 0 Å². The van der Waals surface area contributed by atoms with Gasteiger partial charge < -0.3 is 37.9 Å². The van der Waals surface area contributed by atoms with Crippen LogP contribution in [0, 0.1) is 0 Å². The summed E-state index contributed by atoms with van der Waals surface area (Å²) in [5.74, 6) is 1.45. The lowest BCUT2D eigenvalue weighted by atomic mass is 9.96. The van der Waals surface area contributed by atoms with Crippen molar-refractivity contribution in [2.75, 3.05) is 80.3 Å². The van der Waals surface area contributed by atoms with E-state index in [1.165, 1.54) is 0 Å². The van der Waals surface area contributed by atoms with E-state index in [2.05, 4.69) is 0 Å². The number of rotatable bonds is 4. The Morgan fingerprint density at radius 3 is 1.18 bits per heavy atom. The van der Waals surface area contributed by atoms with Gasteiger partial charge in [-0.05, 0) is 12.1 Å². The molecule has 8 heteroatoms. The Bertz CT molecular complexity index is 747. The van der Waals surface area contributed by atoms with E-state index in [0.29, 0.717) is 66.1 Å². The predicted octanol–water partition coefficient (Wildman–Crippen LogP) is 3.60. The smallest absolute Gasteiger partial charge is 0.124 e. The van der Waals surface area contributed by atoms with Crippen LogP contribution >= 0.6 is 0 Å². The molecule has 1 aliphatic heterocycles. The Kier molecular flexibility index (Phi) is 12.2. The van der Waals surface area contributed by atoms with Gasteiger partial charge in [-0.2, -0.15) is 0 Å². The number of hydrogen-bond donors (Lipinski definition) is 0. The zero-order chi connectivity index (χ0) is 23.8. The molecule has 0 N–H and O–H groups in total. The fourth-order valence-electron chi connectivity index (χ4n) is 3.71. The molecule has 0 saturated carbocycles. The maximum absolute atomic E-state index is 6.40. The Morgan fingerprint density at radius 2 is 0.824 bits per heavy atom. The van der Waals surface area contributed by atoms with E-state index >= 15 is 0 Å². The van der Waals surface area contributed by atoms with Crippen molar-refractivity contribution in [3.05, 3.63) is 59.7 Å². The molecular formula is C26H36O8. The number of hydrogen-bond acceptors (Lipinski definition) is 8. The SMILES string of the molecule is COc1ccccc1C1OCCOCCOCCOCCOCCOC1c1ccccc1OC. The topological polar surface area (TPSA) is 73.8 Å². The second-order valence-electron chi connectivity index (χ2n) is 7.52. The molecule has 0 spiro atoms. The second-order valence-corrected chi connectivity index (χ2v) is 7.52.